The van der Waals surface area contributed by atoms with Gasteiger partial charge >= 0.3 is 0 Å². The van der Waals surface area contributed by atoms with Crippen LogP contribution in [0.3, 0.4) is 0 Å². The molecule has 0 atom stereocenters. The lowest BCUT2D eigenvalue weighted by molar-refractivity contribution is 0.0723. The second-order valence-electron chi connectivity index (χ2n) is 4.31. The molecule has 0 radical (unpaired) electrons. The Morgan fingerprint density at radius 1 is 1.42 bits per heavy atom. The largest absolute Gasteiger partial charge is 0.384 e. The third kappa shape index (κ3) is 4.08. The molecular formula is C15H20N2O2. The summed E-state index contributed by atoms with van der Waals surface area (Å²) in [6.07, 6.45) is 4.98. The van der Waals surface area contributed by atoms with Gasteiger partial charge in [0.1, 0.15) is 6.61 Å². The molecule has 0 saturated heterocycles. The monoisotopic (exact) mass is 260 g/mol. The van der Waals surface area contributed by atoms with Gasteiger partial charge in [-0.2, -0.15) is 0 Å². The van der Waals surface area contributed by atoms with Crippen molar-refractivity contribution in [2.75, 3.05) is 13.7 Å². The van der Waals surface area contributed by atoms with Crippen molar-refractivity contribution in [2.45, 2.75) is 32.7 Å². The number of carbonyl (C=O) groups is 1. The third-order valence-corrected chi connectivity index (χ3v) is 3.11. The molecule has 0 saturated carbocycles. The number of nitrogens with zero attached hydrogens (tertiary/aromatic N) is 2. The number of aliphatic hydroxyl groups is 1. The van der Waals surface area contributed by atoms with Crippen molar-refractivity contribution in [1.82, 2.24) is 9.88 Å². The normalized spacial score (nSPS) is 9.95. The summed E-state index contributed by atoms with van der Waals surface area (Å²) in [5.74, 6) is 5.25. The van der Waals surface area contributed by atoms with Crippen molar-refractivity contribution in [2.24, 2.45) is 0 Å². The first-order valence-electron chi connectivity index (χ1n) is 6.45. The Kier molecular flexibility index (Phi) is 6.04. The lowest BCUT2D eigenvalue weighted by atomic mass is 10.1. The Morgan fingerprint density at radius 3 is 2.68 bits per heavy atom. The molecule has 0 aliphatic heterocycles. The van der Waals surface area contributed by atoms with Gasteiger partial charge in [0.2, 0.25) is 0 Å². The maximum atomic E-state index is 12.3. The zero-order chi connectivity index (χ0) is 14.3. The SMILES string of the molecule is CCC(CC)N(C)C(=O)c1cncc(C#CCO)c1. The number of pyridine rings is 1. The first kappa shape index (κ1) is 15.2. The van der Waals surface area contributed by atoms with Gasteiger partial charge in [-0.15, -0.1) is 0 Å². The van der Waals surface area contributed by atoms with Crippen molar-refractivity contribution in [1.29, 1.82) is 0 Å². The molecule has 1 N–H and O–H groups in total. The highest BCUT2D eigenvalue weighted by Crippen LogP contribution is 2.11. The molecule has 19 heavy (non-hydrogen) atoms. The van der Waals surface area contributed by atoms with Gasteiger partial charge in [0.25, 0.3) is 5.91 Å². The summed E-state index contributed by atoms with van der Waals surface area (Å²) in [6, 6.07) is 1.94. The van der Waals surface area contributed by atoms with E-state index in [9.17, 15) is 4.79 Å². The number of aliphatic hydroxyl groups excluding tert-OH is 1. The van der Waals surface area contributed by atoms with Crippen molar-refractivity contribution in [3.63, 3.8) is 0 Å². The van der Waals surface area contributed by atoms with Crippen molar-refractivity contribution >= 4 is 5.91 Å². The van der Waals surface area contributed by atoms with Crippen LogP contribution < -0.4 is 0 Å². The first-order chi connectivity index (χ1) is 9.13. The molecular weight excluding hydrogens is 240 g/mol. The van der Waals surface area contributed by atoms with E-state index in [-0.39, 0.29) is 18.6 Å². The van der Waals surface area contributed by atoms with Gasteiger partial charge in [-0.1, -0.05) is 25.7 Å². The average Bonchev–Trinajstić information content (AvgIpc) is 2.45. The van der Waals surface area contributed by atoms with Crippen LogP contribution in [0.1, 0.15) is 42.6 Å². The number of aromatic nitrogens is 1. The maximum Gasteiger partial charge on any atom is 0.255 e. The van der Waals surface area contributed by atoms with E-state index in [4.69, 9.17) is 5.11 Å². The maximum absolute atomic E-state index is 12.3. The Hall–Kier alpha value is -1.86. The van der Waals surface area contributed by atoms with Crippen LogP contribution in [0.5, 0.6) is 0 Å². The van der Waals surface area contributed by atoms with Crippen LogP contribution in [0.15, 0.2) is 18.5 Å². The van der Waals surface area contributed by atoms with E-state index in [1.165, 1.54) is 0 Å². The predicted octanol–water partition coefficient (Wildman–Crippen LogP) is 1.69. The fourth-order valence-corrected chi connectivity index (χ4v) is 1.97. The van der Waals surface area contributed by atoms with Gasteiger partial charge in [-0.3, -0.25) is 9.78 Å². The number of hydrogen-bond donors (Lipinski definition) is 1. The van der Waals surface area contributed by atoms with E-state index in [0.29, 0.717) is 11.1 Å². The van der Waals surface area contributed by atoms with Crippen LogP contribution in [0.4, 0.5) is 0 Å². The molecule has 0 spiro atoms. The van der Waals surface area contributed by atoms with Crippen LogP contribution in [0.2, 0.25) is 0 Å². The molecule has 102 valence electrons. The van der Waals surface area contributed by atoms with E-state index < -0.39 is 0 Å². The van der Waals surface area contributed by atoms with Crippen molar-refractivity contribution < 1.29 is 9.90 Å². The highest BCUT2D eigenvalue weighted by Gasteiger charge is 2.18. The average molecular weight is 260 g/mol. The Morgan fingerprint density at radius 2 is 2.11 bits per heavy atom. The summed E-state index contributed by atoms with van der Waals surface area (Å²) in [5.41, 5.74) is 1.16. The van der Waals surface area contributed by atoms with Gasteiger partial charge in [-0.05, 0) is 18.9 Å². The smallest absolute Gasteiger partial charge is 0.255 e. The minimum Gasteiger partial charge on any atom is -0.384 e. The third-order valence-electron chi connectivity index (χ3n) is 3.11. The van der Waals surface area contributed by atoms with Gasteiger partial charge in [0, 0.05) is 31.0 Å². The molecule has 4 heteroatoms. The molecule has 0 aliphatic carbocycles. The Bertz CT molecular complexity index is 484. The fraction of sp³-hybridized carbons (Fsp3) is 0.467. The molecule has 1 aromatic heterocycles. The quantitative estimate of drug-likeness (QED) is 0.838. The van der Waals surface area contributed by atoms with E-state index >= 15 is 0 Å². The van der Waals surface area contributed by atoms with E-state index in [0.717, 1.165) is 12.8 Å². The highest BCUT2D eigenvalue weighted by molar-refractivity contribution is 5.94. The summed E-state index contributed by atoms with van der Waals surface area (Å²) in [6.45, 7) is 3.94. The summed E-state index contributed by atoms with van der Waals surface area (Å²) < 4.78 is 0. The van der Waals surface area contributed by atoms with Crippen molar-refractivity contribution in [3.05, 3.63) is 29.6 Å². The van der Waals surface area contributed by atoms with E-state index in [2.05, 4.69) is 30.7 Å². The number of amides is 1. The highest BCUT2D eigenvalue weighted by atomic mass is 16.2. The number of rotatable bonds is 4. The van der Waals surface area contributed by atoms with Crippen LogP contribution in [0.25, 0.3) is 0 Å². The second kappa shape index (κ2) is 7.55. The number of carbonyl (C=O) groups excluding carboxylic acids is 1. The molecule has 4 nitrogen and oxygen atoms in total. The summed E-state index contributed by atoms with van der Waals surface area (Å²) in [5, 5.41) is 8.66. The standard InChI is InChI=1S/C15H20N2O2/c1-4-14(5-2)17(3)15(19)13-9-12(7-6-8-18)10-16-11-13/h9-11,14,18H,4-5,8H2,1-3H3. The van der Waals surface area contributed by atoms with Gasteiger partial charge in [-0.25, -0.2) is 0 Å². The van der Waals surface area contributed by atoms with Gasteiger partial charge in [0.15, 0.2) is 0 Å². The summed E-state index contributed by atoms with van der Waals surface area (Å²) in [7, 11) is 1.81. The van der Waals surface area contributed by atoms with Crippen molar-refractivity contribution in [3.8, 4) is 11.8 Å². The molecule has 0 aliphatic rings. The number of hydrogen-bond acceptors (Lipinski definition) is 3. The molecule has 1 heterocycles. The zero-order valence-corrected chi connectivity index (χ0v) is 11.7. The minimum absolute atomic E-state index is 0.0474. The Labute approximate surface area is 114 Å². The fourth-order valence-electron chi connectivity index (χ4n) is 1.97. The minimum atomic E-state index is -0.203. The molecule has 0 aromatic carbocycles. The zero-order valence-electron chi connectivity index (χ0n) is 11.7. The molecule has 0 unspecified atom stereocenters. The molecule has 1 rings (SSSR count). The van der Waals surface area contributed by atoms with Crippen LogP contribution >= 0.6 is 0 Å². The van der Waals surface area contributed by atoms with Crippen LogP contribution in [0, 0.1) is 11.8 Å². The molecule has 1 amide bonds. The molecule has 0 bridgehead atoms. The van der Waals surface area contributed by atoms with Gasteiger partial charge in [0.05, 0.1) is 5.56 Å². The molecule has 0 fully saturated rings. The lowest BCUT2D eigenvalue weighted by Gasteiger charge is -2.26. The molecule has 1 aromatic rings. The van der Waals surface area contributed by atoms with Crippen LogP contribution in [-0.2, 0) is 0 Å². The topological polar surface area (TPSA) is 53.4 Å². The first-order valence-corrected chi connectivity index (χ1v) is 6.45. The lowest BCUT2D eigenvalue weighted by Crippen LogP contribution is -2.36. The van der Waals surface area contributed by atoms with E-state index in [1.54, 1.807) is 23.4 Å². The summed E-state index contributed by atoms with van der Waals surface area (Å²) >= 11 is 0. The van der Waals surface area contributed by atoms with Gasteiger partial charge < -0.3 is 10.0 Å². The second-order valence-corrected chi connectivity index (χ2v) is 4.31. The Balaban J connectivity index is 2.93. The predicted molar refractivity (Wildman–Crippen MR) is 74.7 cm³/mol. The summed E-state index contributed by atoms with van der Waals surface area (Å²) in [4.78, 5) is 18.1. The van der Waals surface area contributed by atoms with Crippen LogP contribution in [-0.4, -0.2) is 40.6 Å². The van der Waals surface area contributed by atoms with E-state index in [1.807, 2.05) is 7.05 Å².